The number of nitrogens with zero attached hydrogens (tertiary/aromatic N) is 5. The summed E-state index contributed by atoms with van der Waals surface area (Å²) in [5.41, 5.74) is 0.202. The van der Waals surface area contributed by atoms with E-state index in [1.807, 2.05) is 0 Å². The van der Waals surface area contributed by atoms with Gasteiger partial charge in [-0.3, -0.25) is 24.3 Å². The minimum absolute atomic E-state index is 0.103. The quantitative estimate of drug-likeness (QED) is 0.512. The first-order valence-corrected chi connectivity index (χ1v) is 8.18. The second-order valence-electron chi connectivity index (χ2n) is 5.72. The van der Waals surface area contributed by atoms with Crippen molar-refractivity contribution in [2.24, 2.45) is 0 Å². The van der Waals surface area contributed by atoms with E-state index in [1.54, 1.807) is 18.2 Å². The molecule has 0 aliphatic carbocycles. The molecule has 9 nitrogen and oxygen atoms in total. The topological polar surface area (TPSA) is 108 Å². The Bertz CT molecular complexity index is 1000. The Morgan fingerprint density at radius 3 is 2.81 bits per heavy atom. The molecule has 0 spiro atoms. The molecule has 1 amide bonds. The van der Waals surface area contributed by atoms with Crippen molar-refractivity contribution < 1.29 is 14.1 Å². The molecule has 1 N–H and O–H groups in total. The molecule has 11 heteroatoms. The van der Waals surface area contributed by atoms with Gasteiger partial charge in [-0.15, -0.1) is 0 Å². The number of carbonyl (C=O) groups excluding carboxylic acids is 1. The van der Waals surface area contributed by atoms with Gasteiger partial charge in [0, 0.05) is 11.8 Å². The summed E-state index contributed by atoms with van der Waals surface area (Å²) < 4.78 is 16.3. The van der Waals surface area contributed by atoms with E-state index in [4.69, 9.17) is 11.6 Å². The molecule has 2 aromatic heterocycles. The number of hydrogen-bond acceptors (Lipinski definition) is 5. The van der Waals surface area contributed by atoms with E-state index in [0.29, 0.717) is 5.56 Å². The number of nitro groups is 1. The number of nitrogens with one attached hydrogen (secondary N) is 1. The summed E-state index contributed by atoms with van der Waals surface area (Å²) in [5, 5.41) is 21.4. The molecule has 0 aliphatic heterocycles. The van der Waals surface area contributed by atoms with Gasteiger partial charge < -0.3 is 5.32 Å². The second-order valence-corrected chi connectivity index (χ2v) is 6.12. The lowest BCUT2D eigenvalue weighted by Crippen LogP contribution is -2.24. The first kappa shape index (κ1) is 18.5. The Balaban J connectivity index is 1.71. The zero-order valence-electron chi connectivity index (χ0n) is 14.0. The Morgan fingerprint density at radius 1 is 1.41 bits per heavy atom. The number of hydrogen-bond donors (Lipinski definition) is 1. The standard InChI is InChI=1S/C16H14ClFN6O3/c1-10(23-8-12(6-19-23)24(26)27)16(25)20-15-13(17)9-22(21-15)7-11-4-2-3-5-14(11)18/h2-6,8-10H,7H2,1H3,(H,20,21,25). The van der Waals surface area contributed by atoms with Crippen LogP contribution in [0.25, 0.3) is 0 Å². The number of rotatable bonds is 6. The maximum atomic E-state index is 13.7. The van der Waals surface area contributed by atoms with Crippen LogP contribution in [0.2, 0.25) is 5.02 Å². The summed E-state index contributed by atoms with van der Waals surface area (Å²) in [6, 6.07) is 5.43. The summed E-state index contributed by atoms with van der Waals surface area (Å²) in [6.07, 6.45) is 3.68. The Hall–Kier alpha value is -3.27. The van der Waals surface area contributed by atoms with Crippen molar-refractivity contribution in [3.8, 4) is 0 Å². The fraction of sp³-hybridized carbons (Fsp3) is 0.188. The minimum atomic E-state index is -0.827. The van der Waals surface area contributed by atoms with Crippen molar-refractivity contribution in [2.45, 2.75) is 19.5 Å². The summed E-state index contributed by atoms with van der Waals surface area (Å²) in [5.74, 6) is -0.777. The Labute approximate surface area is 157 Å². The van der Waals surface area contributed by atoms with Gasteiger partial charge in [0.1, 0.15) is 29.3 Å². The van der Waals surface area contributed by atoms with Crippen LogP contribution in [0.1, 0.15) is 18.5 Å². The van der Waals surface area contributed by atoms with Gasteiger partial charge in [0.15, 0.2) is 5.82 Å². The first-order valence-electron chi connectivity index (χ1n) is 7.81. The Kier molecular flexibility index (Phi) is 5.17. The first-order chi connectivity index (χ1) is 12.8. The van der Waals surface area contributed by atoms with Crippen LogP contribution < -0.4 is 5.32 Å². The molecule has 1 atom stereocenters. The zero-order chi connectivity index (χ0) is 19.6. The lowest BCUT2D eigenvalue weighted by atomic mass is 10.2. The van der Waals surface area contributed by atoms with Crippen molar-refractivity contribution in [1.82, 2.24) is 19.6 Å². The van der Waals surface area contributed by atoms with Gasteiger partial charge in [-0.1, -0.05) is 29.8 Å². The van der Waals surface area contributed by atoms with Crippen molar-refractivity contribution in [1.29, 1.82) is 0 Å². The van der Waals surface area contributed by atoms with Crippen LogP contribution in [-0.2, 0) is 11.3 Å². The molecule has 0 saturated carbocycles. The van der Waals surface area contributed by atoms with E-state index in [-0.39, 0.29) is 28.9 Å². The molecule has 2 heterocycles. The van der Waals surface area contributed by atoms with E-state index in [2.05, 4.69) is 15.5 Å². The van der Waals surface area contributed by atoms with Crippen LogP contribution in [-0.4, -0.2) is 30.4 Å². The highest BCUT2D eigenvalue weighted by Crippen LogP contribution is 2.22. The summed E-state index contributed by atoms with van der Waals surface area (Å²) in [7, 11) is 0. The number of halogens is 2. The van der Waals surface area contributed by atoms with E-state index >= 15 is 0 Å². The molecular weight excluding hydrogens is 379 g/mol. The highest BCUT2D eigenvalue weighted by molar-refractivity contribution is 6.33. The average Bonchev–Trinajstić information content (AvgIpc) is 3.24. The third-order valence-electron chi connectivity index (χ3n) is 3.82. The van der Waals surface area contributed by atoms with E-state index in [0.717, 1.165) is 17.1 Å². The summed E-state index contributed by atoms with van der Waals surface area (Å²) in [4.78, 5) is 22.5. The normalized spacial score (nSPS) is 12.0. The fourth-order valence-corrected chi connectivity index (χ4v) is 2.54. The third-order valence-corrected chi connectivity index (χ3v) is 4.10. The molecule has 1 aromatic carbocycles. The van der Waals surface area contributed by atoms with Crippen LogP contribution in [0.3, 0.4) is 0 Å². The fourth-order valence-electron chi connectivity index (χ4n) is 2.34. The highest BCUT2D eigenvalue weighted by Gasteiger charge is 2.21. The lowest BCUT2D eigenvalue weighted by molar-refractivity contribution is -0.385. The van der Waals surface area contributed by atoms with Gasteiger partial charge in [-0.05, 0) is 13.0 Å². The van der Waals surface area contributed by atoms with Crippen LogP contribution in [0.4, 0.5) is 15.9 Å². The monoisotopic (exact) mass is 392 g/mol. The van der Waals surface area contributed by atoms with Crippen molar-refractivity contribution >= 4 is 29.0 Å². The number of amides is 1. The number of aromatic nitrogens is 4. The second kappa shape index (κ2) is 7.54. The lowest BCUT2D eigenvalue weighted by Gasteiger charge is -2.11. The van der Waals surface area contributed by atoms with Crippen molar-refractivity contribution in [3.63, 3.8) is 0 Å². The molecule has 0 bridgehead atoms. The largest absolute Gasteiger partial charge is 0.307 e. The SMILES string of the molecule is CC(C(=O)Nc1nn(Cc2ccccc2F)cc1Cl)n1cc([N+](=O)[O-])cn1. The maximum Gasteiger partial charge on any atom is 0.307 e. The molecule has 0 fully saturated rings. The Morgan fingerprint density at radius 2 is 2.15 bits per heavy atom. The van der Waals surface area contributed by atoms with E-state index in [1.165, 1.54) is 23.9 Å². The number of anilines is 1. The average molecular weight is 393 g/mol. The van der Waals surface area contributed by atoms with Gasteiger partial charge >= 0.3 is 5.69 Å². The van der Waals surface area contributed by atoms with E-state index < -0.39 is 16.9 Å². The summed E-state index contributed by atoms with van der Waals surface area (Å²) >= 11 is 6.09. The highest BCUT2D eigenvalue weighted by atomic mass is 35.5. The molecule has 0 radical (unpaired) electrons. The molecule has 0 saturated heterocycles. The van der Waals surface area contributed by atoms with Crippen molar-refractivity contribution in [3.05, 3.63) is 69.4 Å². The minimum Gasteiger partial charge on any atom is -0.306 e. The van der Waals surface area contributed by atoms with Crippen LogP contribution in [0.5, 0.6) is 0 Å². The molecule has 3 rings (SSSR count). The molecule has 1 unspecified atom stereocenters. The smallest absolute Gasteiger partial charge is 0.306 e. The maximum absolute atomic E-state index is 13.7. The van der Waals surface area contributed by atoms with Crippen LogP contribution >= 0.6 is 11.6 Å². The molecule has 3 aromatic rings. The number of benzene rings is 1. The van der Waals surface area contributed by atoms with Gasteiger partial charge in [-0.25, -0.2) is 4.39 Å². The zero-order valence-corrected chi connectivity index (χ0v) is 14.8. The summed E-state index contributed by atoms with van der Waals surface area (Å²) in [6.45, 7) is 1.67. The van der Waals surface area contributed by atoms with E-state index in [9.17, 15) is 19.3 Å². The third kappa shape index (κ3) is 4.11. The molecule has 0 aliphatic rings. The van der Waals surface area contributed by atoms with Gasteiger partial charge in [0.25, 0.3) is 0 Å². The van der Waals surface area contributed by atoms with Gasteiger partial charge in [0.2, 0.25) is 5.91 Å². The predicted octanol–water partition coefficient (Wildman–Crippen LogP) is 3.03. The van der Waals surface area contributed by atoms with Gasteiger partial charge in [0.05, 0.1) is 11.5 Å². The van der Waals surface area contributed by atoms with Crippen LogP contribution in [0.15, 0.2) is 42.9 Å². The van der Waals surface area contributed by atoms with Crippen LogP contribution in [0, 0.1) is 15.9 Å². The van der Waals surface area contributed by atoms with Crippen molar-refractivity contribution in [2.75, 3.05) is 5.32 Å². The predicted molar refractivity (Wildman–Crippen MR) is 95.0 cm³/mol. The molecular formula is C16H14ClFN6O3. The molecule has 140 valence electrons. The molecule has 27 heavy (non-hydrogen) atoms. The van der Waals surface area contributed by atoms with Gasteiger partial charge in [-0.2, -0.15) is 10.2 Å². The number of carbonyl (C=O) groups is 1.